The van der Waals surface area contributed by atoms with Crippen molar-refractivity contribution in [3.63, 3.8) is 0 Å². The molecule has 21 heavy (non-hydrogen) atoms. The summed E-state index contributed by atoms with van der Waals surface area (Å²) < 4.78 is 0. The average molecular weight is 323 g/mol. The van der Waals surface area contributed by atoms with Crippen LogP contribution in [0.1, 0.15) is 25.3 Å². The molecule has 2 amide bonds. The van der Waals surface area contributed by atoms with Gasteiger partial charge in [-0.2, -0.15) is 0 Å². The Bertz CT molecular complexity index is 619. The van der Waals surface area contributed by atoms with Crippen LogP contribution < -0.4 is 10.6 Å². The molecule has 0 aromatic heterocycles. The molecule has 2 aromatic carbocycles. The lowest BCUT2D eigenvalue weighted by atomic mass is 10.0. The lowest BCUT2D eigenvalue weighted by molar-refractivity contribution is 0.262. The Morgan fingerprint density at radius 2 is 1.43 bits per heavy atom. The molecule has 0 aliphatic rings. The SMILES string of the molecule is CC(C)c1ccc(NC(=O)Nc2cc(Cl)cc(Cl)c2)cc1. The van der Waals surface area contributed by atoms with Crippen LogP contribution in [0.2, 0.25) is 10.0 Å². The van der Waals surface area contributed by atoms with E-state index in [1.165, 1.54) is 5.56 Å². The quantitative estimate of drug-likeness (QED) is 0.740. The zero-order chi connectivity index (χ0) is 15.4. The van der Waals surface area contributed by atoms with Crippen LogP contribution in [0.4, 0.5) is 16.2 Å². The molecule has 2 rings (SSSR count). The molecular formula is C16H16Cl2N2O. The van der Waals surface area contributed by atoms with Gasteiger partial charge in [-0.1, -0.05) is 49.2 Å². The lowest BCUT2D eigenvalue weighted by Crippen LogP contribution is -2.19. The number of benzene rings is 2. The first-order valence-electron chi connectivity index (χ1n) is 6.58. The van der Waals surface area contributed by atoms with E-state index in [9.17, 15) is 4.79 Å². The number of anilines is 2. The molecule has 0 radical (unpaired) electrons. The molecule has 0 bridgehead atoms. The number of urea groups is 1. The molecule has 110 valence electrons. The fraction of sp³-hybridized carbons (Fsp3) is 0.188. The van der Waals surface area contributed by atoms with Gasteiger partial charge in [-0.05, 0) is 41.8 Å². The summed E-state index contributed by atoms with van der Waals surface area (Å²) in [4.78, 5) is 11.9. The maximum atomic E-state index is 11.9. The van der Waals surface area contributed by atoms with Crippen molar-refractivity contribution in [2.45, 2.75) is 19.8 Å². The van der Waals surface area contributed by atoms with E-state index >= 15 is 0 Å². The van der Waals surface area contributed by atoms with E-state index in [0.717, 1.165) is 5.69 Å². The van der Waals surface area contributed by atoms with E-state index in [2.05, 4.69) is 24.5 Å². The largest absolute Gasteiger partial charge is 0.323 e. The number of amides is 2. The fourth-order valence-corrected chi connectivity index (χ4v) is 2.40. The van der Waals surface area contributed by atoms with E-state index in [-0.39, 0.29) is 6.03 Å². The highest BCUT2D eigenvalue weighted by atomic mass is 35.5. The van der Waals surface area contributed by atoms with Crippen LogP contribution >= 0.6 is 23.2 Å². The van der Waals surface area contributed by atoms with Crippen molar-refractivity contribution in [3.8, 4) is 0 Å². The fourth-order valence-electron chi connectivity index (χ4n) is 1.87. The van der Waals surface area contributed by atoms with Crippen molar-refractivity contribution in [1.29, 1.82) is 0 Å². The Morgan fingerprint density at radius 1 is 0.905 bits per heavy atom. The van der Waals surface area contributed by atoms with Crippen molar-refractivity contribution < 1.29 is 4.79 Å². The summed E-state index contributed by atoms with van der Waals surface area (Å²) >= 11 is 11.8. The summed E-state index contributed by atoms with van der Waals surface area (Å²) in [5.41, 5.74) is 2.50. The minimum Gasteiger partial charge on any atom is -0.308 e. The second-order valence-corrected chi connectivity index (χ2v) is 5.89. The highest BCUT2D eigenvalue weighted by molar-refractivity contribution is 6.35. The Hall–Kier alpha value is -1.71. The molecular weight excluding hydrogens is 307 g/mol. The van der Waals surface area contributed by atoms with Crippen LogP contribution in [0, 0.1) is 0 Å². The third-order valence-electron chi connectivity index (χ3n) is 2.96. The van der Waals surface area contributed by atoms with Gasteiger partial charge in [-0.3, -0.25) is 0 Å². The van der Waals surface area contributed by atoms with Crippen LogP contribution in [-0.2, 0) is 0 Å². The van der Waals surface area contributed by atoms with Crippen LogP contribution in [-0.4, -0.2) is 6.03 Å². The first kappa shape index (κ1) is 15.7. The minimum atomic E-state index is -0.342. The van der Waals surface area contributed by atoms with Gasteiger partial charge in [-0.25, -0.2) is 4.79 Å². The molecule has 0 aliphatic carbocycles. The monoisotopic (exact) mass is 322 g/mol. The van der Waals surface area contributed by atoms with Gasteiger partial charge in [0.15, 0.2) is 0 Å². The molecule has 0 atom stereocenters. The van der Waals surface area contributed by atoms with E-state index in [1.54, 1.807) is 18.2 Å². The number of carbonyl (C=O) groups excluding carboxylic acids is 1. The first-order chi connectivity index (χ1) is 9.94. The van der Waals surface area contributed by atoms with Gasteiger partial charge in [0.05, 0.1) is 0 Å². The number of hydrogen-bond donors (Lipinski definition) is 2. The van der Waals surface area contributed by atoms with E-state index in [0.29, 0.717) is 21.7 Å². The van der Waals surface area contributed by atoms with Gasteiger partial charge in [0.25, 0.3) is 0 Å². The highest BCUT2D eigenvalue weighted by Gasteiger charge is 2.05. The molecule has 0 saturated carbocycles. The highest BCUT2D eigenvalue weighted by Crippen LogP contribution is 2.23. The first-order valence-corrected chi connectivity index (χ1v) is 7.33. The molecule has 0 aliphatic heterocycles. The molecule has 0 fully saturated rings. The van der Waals surface area contributed by atoms with Gasteiger partial charge in [0.2, 0.25) is 0 Å². The molecule has 0 heterocycles. The van der Waals surface area contributed by atoms with Crippen molar-refractivity contribution in [2.75, 3.05) is 10.6 Å². The topological polar surface area (TPSA) is 41.1 Å². The second-order valence-electron chi connectivity index (χ2n) is 5.01. The standard InChI is InChI=1S/C16H16Cl2N2O/c1-10(2)11-3-5-14(6-4-11)19-16(21)20-15-8-12(17)7-13(18)9-15/h3-10H,1-2H3,(H2,19,20,21). The third kappa shape index (κ3) is 4.66. The summed E-state index contributed by atoms with van der Waals surface area (Å²) in [6.07, 6.45) is 0. The minimum absolute atomic E-state index is 0.342. The van der Waals surface area contributed by atoms with Crippen molar-refractivity contribution in [2.24, 2.45) is 0 Å². The molecule has 0 saturated heterocycles. The molecule has 5 heteroatoms. The van der Waals surface area contributed by atoms with Crippen LogP contribution in [0.5, 0.6) is 0 Å². The van der Waals surface area contributed by atoms with Crippen LogP contribution in [0.15, 0.2) is 42.5 Å². The number of rotatable bonds is 3. The third-order valence-corrected chi connectivity index (χ3v) is 3.39. The zero-order valence-corrected chi connectivity index (χ0v) is 13.3. The molecule has 0 unspecified atom stereocenters. The van der Waals surface area contributed by atoms with Crippen LogP contribution in [0.3, 0.4) is 0 Å². The Morgan fingerprint density at radius 3 is 1.95 bits per heavy atom. The Balaban J connectivity index is 2.01. The normalized spacial score (nSPS) is 10.5. The molecule has 2 N–H and O–H groups in total. The summed E-state index contributed by atoms with van der Waals surface area (Å²) in [6, 6.07) is 12.3. The smallest absolute Gasteiger partial charge is 0.308 e. The van der Waals surface area contributed by atoms with Gasteiger partial charge in [0.1, 0.15) is 0 Å². The van der Waals surface area contributed by atoms with Crippen LogP contribution in [0.25, 0.3) is 0 Å². The van der Waals surface area contributed by atoms with Gasteiger partial charge < -0.3 is 10.6 Å². The van der Waals surface area contributed by atoms with Crippen molar-refractivity contribution in [3.05, 3.63) is 58.1 Å². The molecule has 3 nitrogen and oxygen atoms in total. The second kappa shape index (κ2) is 6.83. The predicted molar refractivity (Wildman–Crippen MR) is 89.6 cm³/mol. The summed E-state index contributed by atoms with van der Waals surface area (Å²) in [5.74, 6) is 0.460. The Kier molecular flexibility index (Phi) is 5.10. The number of carbonyl (C=O) groups is 1. The van der Waals surface area contributed by atoms with Crippen molar-refractivity contribution >= 4 is 40.6 Å². The zero-order valence-electron chi connectivity index (χ0n) is 11.8. The van der Waals surface area contributed by atoms with Gasteiger partial charge in [0, 0.05) is 21.4 Å². The lowest BCUT2D eigenvalue weighted by Gasteiger charge is -2.10. The summed E-state index contributed by atoms with van der Waals surface area (Å²) in [7, 11) is 0. The van der Waals surface area contributed by atoms with Gasteiger partial charge in [-0.15, -0.1) is 0 Å². The van der Waals surface area contributed by atoms with E-state index in [1.807, 2.05) is 24.3 Å². The number of halogens is 2. The average Bonchev–Trinajstić information content (AvgIpc) is 2.37. The predicted octanol–water partition coefficient (Wildman–Crippen LogP) is 5.76. The maximum Gasteiger partial charge on any atom is 0.323 e. The number of hydrogen-bond acceptors (Lipinski definition) is 1. The van der Waals surface area contributed by atoms with Crippen molar-refractivity contribution in [1.82, 2.24) is 0 Å². The number of nitrogens with one attached hydrogen (secondary N) is 2. The summed E-state index contributed by atoms with van der Waals surface area (Å²) in [5, 5.41) is 6.39. The molecule has 0 spiro atoms. The van der Waals surface area contributed by atoms with E-state index in [4.69, 9.17) is 23.2 Å². The molecule has 2 aromatic rings. The van der Waals surface area contributed by atoms with E-state index < -0.39 is 0 Å². The Labute approximate surface area is 134 Å². The maximum absolute atomic E-state index is 11.9. The van der Waals surface area contributed by atoms with Gasteiger partial charge >= 0.3 is 6.03 Å². The summed E-state index contributed by atoms with van der Waals surface area (Å²) in [6.45, 7) is 4.25.